The highest BCUT2D eigenvalue weighted by atomic mass is 16.7. The number of amides is 1. The van der Waals surface area contributed by atoms with Crippen LogP contribution in [0.1, 0.15) is 63.0 Å². The fourth-order valence-corrected chi connectivity index (χ4v) is 7.11. The molecule has 1 aromatic rings. The van der Waals surface area contributed by atoms with Gasteiger partial charge in [-0.1, -0.05) is 13.0 Å². The number of nitrogens with one attached hydrogen (secondary N) is 1. The largest absolute Gasteiger partial charge is 0.463 e. The van der Waals surface area contributed by atoms with Crippen LogP contribution in [-0.2, 0) is 20.7 Å². The number of carbonyl (C=O) groups is 2. The molecule has 0 aromatic heterocycles. The first-order chi connectivity index (χ1) is 16.2. The van der Waals surface area contributed by atoms with Crippen LogP contribution < -0.4 is 10.1 Å². The number of aryl methyl sites for hydroxylation is 1. The Morgan fingerprint density at radius 1 is 1.21 bits per heavy atom. The fourth-order valence-electron chi connectivity index (χ4n) is 7.11. The van der Waals surface area contributed by atoms with E-state index in [0.717, 1.165) is 38.5 Å². The highest BCUT2D eigenvalue weighted by Gasteiger charge is 2.54. The van der Waals surface area contributed by atoms with Crippen LogP contribution in [0.25, 0.3) is 0 Å². The zero-order valence-electron chi connectivity index (χ0n) is 19.8. The van der Waals surface area contributed by atoms with Crippen LogP contribution in [-0.4, -0.2) is 64.3 Å². The molecular weight excluding hydrogens is 438 g/mol. The van der Waals surface area contributed by atoms with Crippen molar-refractivity contribution in [2.45, 2.75) is 88.9 Å². The number of aliphatic hydroxyl groups is 3. The first kappa shape index (κ1) is 23.7. The van der Waals surface area contributed by atoms with Crippen molar-refractivity contribution in [1.82, 2.24) is 5.32 Å². The van der Waals surface area contributed by atoms with E-state index in [1.54, 1.807) is 0 Å². The zero-order valence-corrected chi connectivity index (χ0v) is 19.8. The molecule has 34 heavy (non-hydrogen) atoms. The molecule has 0 unspecified atom stereocenters. The van der Waals surface area contributed by atoms with Crippen LogP contribution >= 0.6 is 0 Å². The molecule has 1 amide bonds. The van der Waals surface area contributed by atoms with E-state index in [0.29, 0.717) is 29.3 Å². The lowest BCUT2D eigenvalue weighted by molar-refractivity contribution is -0.244. The van der Waals surface area contributed by atoms with Crippen molar-refractivity contribution in [1.29, 1.82) is 0 Å². The minimum Gasteiger partial charge on any atom is -0.463 e. The molecule has 1 heterocycles. The lowest BCUT2D eigenvalue weighted by Gasteiger charge is -2.48. The van der Waals surface area contributed by atoms with E-state index >= 15 is 0 Å². The van der Waals surface area contributed by atoms with Crippen molar-refractivity contribution in [2.24, 2.45) is 17.3 Å². The molecule has 0 bridgehead atoms. The Morgan fingerprint density at radius 2 is 2.00 bits per heavy atom. The third-order valence-corrected chi connectivity index (χ3v) is 8.91. The van der Waals surface area contributed by atoms with E-state index in [1.807, 2.05) is 12.1 Å². The number of hydrogen-bond acceptors (Lipinski definition) is 7. The van der Waals surface area contributed by atoms with Crippen molar-refractivity contribution in [3.63, 3.8) is 0 Å². The maximum Gasteiger partial charge on any atom is 0.223 e. The molecule has 1 saturated heterocycles. The smallest absolute Gasteiger partial charge is 0.223 e. The predicted octanol–water partition coefficient (Wildman–Crippen LogP) is 1.43. The van der Waals surface area contributed by atoms with Gasteiger partial charge in [-0.25, -0.2) is 0 Å². The van der Waals surface area contributed by atoms with Gasteiger partial charge in [-0.3, -0.25) is 9.59 Å². The summed E-state index contributed by atoms with van der Waals surface area (Å²) in [7, 11) is 0. The van der Waals surface area contributed by atoms with Gasteiger partial charge in [0.25, 0.3) is 0 Å². The molecule has 8 nitrogen and oxygen atoms in total. The number of Topliss-reactive ketones (excluding diaryl/α,β-unsaturated/α-hetero) is 1. The average Bonchev–Trinajstić information content (AvgIpc) is 3.12. The van der Waals surface area contributed by atoms with E-state index in [4.69, 9.17) is 9.47 Å². The molecule has 0 radical (unpaired) electrons. The second kappa shape index (κ2) is 8.90. The van der Waals surface area contributed by atoms with E-state index < -0.39 is 37.3 Å². The molecule has 3 aliphatic carbocycles. The summed E-state index contributed by atoms with van der Waals surface area (Å²) in [6.07, 6.45) is 0.902. The van der Waals surface area contributed by atoms with E-state index in [9.17, 15) is 24.9 Å². The topological polar surface area (TPSA) is 125 Å². The third kappa shape index (κ3) is 3.85. The standard InChI is InChI=1S/C26H35NO7/c1-13(29)27-22-24(32)23(31)20(12-28)34-25(22)33-15-4-6-16-14(11-15)3-5-18-17(16)9-10-26(2)19(18)7-8-21(26)30/h4,6,11,17-20,22-25,28,31-32H,3,5,7-10,12H2,1-2H3,(H,27,29)/t17-,18-,19+,20+,22+,23+,24+,25+,26-/m0/s1. The SMILES string of the molecule is CC(=O)N[C@H]1[C@H](Oc2ccc3c(c2)CC[C@@H]2[C@H]4CCC(=O)[C@@]4(C)CC[C@@H]32)O[C@H](CO)[C@@H](O)[C@@H]1O. The number of benzene rings is 1. The Bertz CT molecular complexity index is 966. The molecule has 8 heteroatoms. The molecule has 4 aliphatic rings. The maximum absolute atomic E-state index is 12.6. The summed E-state index contributed by atoms with van der Waals surface area (Å²) in [6, 6.07) is 5.01. The summed E-state index contributed by atoms with van der Waals surface area (Å²) in [6.45, 7) is 3.01. The molecule has 186 valence electrons. The maximum atomic E-state index is 12.6. The van der Waals surface area contributed by atoms with Crippen molar-refractivity contribution in [2.75, 3.05) is 6.61 Å². The highest BCUT2D eigenvalue weighted by Crippen LogP contribution is 2.59. The fraction of sp³-hybridized carbons (Fsp3) is 0.692. The second-order valence-electron chi connectivity index (χ2n) is 10.7. The van der Waals surface area contributed by atoms with E-state index in [-0.39, 0.29) is 11.3 Å². The molecule has 9 atom stereocenters. The van der Waals surface area contributed by atoms with E-state index in [1.165, 1.54) is 18.1 Å². The molecule has 5 rings (SSSR count). The zero-order chi connectivity index (χ0) is 24.2. The predicted molar refractivity (Wildman–Crippen MR) is 122 cm³/mol. The summed E-state index contributed by atoms with van der Waals surface area (Å²) in [5.41, 5.74) is 2.41. The summed E-state index contributed by atoms with van der Waals surface area (Å²) in [4.78, 5) is 24.2. The van der Waals surface area contributed by atoms with Crippen LogP contribution in [0, 0.1) is 17.3 Å². The number of carbonyl (C=O) groups excluding carboxylic acids is 2. The molecule has 2 saturated carbocycles. The quantitative estimate of drug-likeness (QED) is 0.521. The third-order valence-electron chi connectivity index (χ3n) is 8.91. The Hall–Kier alpha value is -2.00. The van der Waals surface area contributed by atoms with Crippen LogP contribution in [0.4, 0.5) is 0 Å². The second-order valence-corrected chi connectivity index (χ2v) is 10.7. The summed E-state index contributed by atoms with van der Waals surface area (Å²) in [5.74, 6) is 2.07. The number of ether oxygens (including phenoxy) is 2. The first-order valence-electron chi connectivity index (χ1n) is 12.4. The first-order valence-corrected chi connectivity index (χ1v) is 12.4. The van der Waals surface area contributed by atoms with Gasteiger partial charge in [0.1, 0.15) is 35.9 Å². The lowest BCUT2D eigenvalue weighted by Crippen LogP contribution is -2.65. The molecule has 0 spiro atoms. The van der Waals surface area contributed by atoms with Crippen LogP contribution in [0.15, 0.2) is 18.2 Å². The number of fused-ring (bicyclic) bond motifs is 5. The Kier molecular flexibility index (Phi) is 6.21. The lowest BCUT2D eigenvalue weighted by atomic mass is 9.55. The van der Waals surface area contributed by atoms with Gasteiger partial charge >= 0.3 is 0 Å². The Morgan fingerprint density at radius 3 is 2.74 bits per heavy atom. The van der Waals surface area contributed by atoms with Gasteiger partial charge in [-0.15, -0.1) is 0 Å². The highest BCUT2D eigenvalue weighted by molar-refractivity contribution is 5.87. The van der Waals surface area contributed by atoms with Gasteiger partial charge < -0.3 is 30.1 Å². The number of hydrogen-bond donors (Lipinski definition) is 4. The van der Waals surface area contributed by atoms with Gasteiger partial charge in [0.15, 0.2) is 0 Å². The van der Waals surface area contributed by atoms with Crippen LogP contribution in [0.3, 0.4) is 0 Å². The van der Waals surface area contributed by atoms with Gasteiger partial charge in [-0.05, 0) is 73.1 Å². The van der Waals surface area contributed by atoms with Gasteiger partial charge in [0.05, 0.1) is 6.61 Å². The van der Waals surface area contributed by atoms with Crippen LogP contribution in [0.5, 0.6) is 5.75 Å². The van der Waals surface area contributed by atoms with E-state index in [2.05, 4.69) is 18.3 Å². The van der Waals surface area contributed by atoms with Gasteiger partial charge in [-0.2, -0.15) is 0 Å². The Labute approximate surface area is 199 Å². The van der Waals surface area contributed by atoms with Gasteiger partial charge in [0.2, 0.25) is 12.2 Å². The average molecular weight is 474 g/mol. The molecule has 4 N–H and O–H groups in total. The van der Waals surface area contributed by atoms with Crippen molar-refractivity contribution in [3.05, 3.63) is 29.3 Å². The number of rotatable bonds is 4. The van der Waals surface area contributed by atoms with Crippen molar-refractivity contribution in [3.8, 4) is 5.75 Å². The normalized spacial score (nSPS) is 41.3. The number of aliphatic hydroxyl groups excluding tert-OH is 3. The molecule has 1 aromatic carbocycles. The van der Waals surface area contributed by atoms with Crippen LogP contribution in [0.2, 0.25) is 0 Å². The molecular formula is C26H35NO7. The van der Waals surface area contributed by atoms with Crippen molar-refractivity contribution >= 4 is 11.7 Å². The molecule has 1 aliphatic heterocycles. The number of ketones is 1. The summed E-state index contributed by atoms with van der Waals surface area (Å²) in [5, 5.41) is 32.9. The monoisotopic (exact) mass is 473 g/mol. The molecule has 3 fully saturated rings. The summed E-state index contributed by atoms with van der Waals surface area (Å²) >= 11 is 0. The Balaban J connectivity index is 1.36. The summed E-state index contributed by atoms with van der Waals surface area (Å²) < 4.78 is 11.8. The minimum atomic E-state index is -1.35. The van der Waals surface area contributed by atoms with Crippen molar-refractivity contribution < 1.29 is 34.4 Å². The minimum absolute atomic E-state index is 0.145. The van der Waals surface area contributed by atoms with Gasteiger partial charge in [0, 0.05) is 18.8 Å².